The first kappa shape index (κ1) is 31.0. The van der Waals surface area contributed by atoms with E-state index in [1.54, 1.807) is 74.7 Å². The number of nitrogens with zero attached hydrogens (tertiary/aromatic N) is 2. The molecule has 0 saturated heterocycles. The molecule has 0 saturated carbocycles. The molecule has 3 rings (SSSR count). The van der Waals surface area contributed by atoms with E-state index in [1.807, 2.05) is 20.8 Å². The van der Waals surface area contributed by atoms with Crippen molar-refractivity contribution in [2.24, 2.45) is 5.92 Å². The smallest absolute Gasteiger partial charge is 0.264 e. The molecule has 0 fully saturated rings. The lowest BCUT2D eigenvalue weighted by Crippen LogP contribution is -2.51. The minimum atomic E-state index is -4.19. The summed E-state index contributed by atoms with van der Waals surface area (Å²) >= 11 is 6.44. The van der Waals surface area contributed by atoms with Gasteiger partial charge in [-0.25, -0.2) is 8.42 Å². The van der Waals surface area contributed by atoms with Crippen LogP contribution in [-0.2, 0) is 26.2 Å². The standard InChI is InChI=1S/C30H36ClN3O5S/c1-21(2)18-32-30(36)23(4)33(19-24-12-14-25(39-5)15-13-24)29(35)20-34(28-9-7-6-8-27(28)31)40(37,38)26-16-10-22(3)11-17-26/h6-17,21,23H,18-20H2,1-5H3,(H,32,36). The average molecular weight is 586 g/mol. The minimum absolute atomic E-state index is 0.0234. The maximum atomic E-state index is 14.0. The van der Waals surface area contributed by atoms with Crippen LogP contribution in [0.5, 0.6) is 5.75 Å². The van der Waals surface area contributed by atoms with E-state index in [4.69, 9.17) is 16.3 Å². The maximum absolute atomic E-state index is 14.0. The number of aryl methyl sites for hydroxylation is 1. The van der Waals surface area contributed by atoms with Crippen molar-refractivity contribution in [1.29, 1.82) is 0 Å². The van der Waals surface area contributed by atoms with Gasteiger partial charge in [-0.05, 0) is 61.7 Å². The van der Waals surface area contributed by atoms with E-state index in [2.05, 4.69) is 5.32 Å². The number of anilines is 1. The number of hydrogen-bond acceptors (Lipinski definition) is 5. The molecule has 0 bridgehead atoms. The van der Waals surface area contributed by atoms with Gasteiger partial charge in [0.15, 0.2) is 0 Å². The van der Waals surface area contributed by atoms with Crippen molar-refractivity contribution in [2.75, 3.05) is 24.5 Å². The van der Waals surface area contributed by atoms with Crippen molar-refractivity contribution in [3.63, 3.8) is 0 Å². The van der Waals surface area contributed by atoms with Crippen LogP contribution in [0.4, 0.5) is 5.69 Å². The number of carbonyl (C=O) groups excluding carboxylic acids is 2. The number of nitrogens with one attached hydrogen (secondary N) is 1. The van der Waals surface area contributed by atoms with Gasteiger partial charge in [0.05, 0.1) is 22.7 Å². The van der Waals surface area contributed by atoms with Gasteiger partial charge in [-0.15, -0.1) is 0 Å². The zero-order valence-corrected chi connectivity index (χ0v) is 25.0. The third-order valence-electron chi connectivity index (χ3n) is 6.37. The number of halogens is 1. The van der Waals surface area contributed by atoms with Crippen LogP contribution in [0.1, 0.15) is 31.9 Å². The van der Waals surface area contributed by atoms with Crippen LogP contribution in [0.15, 0.2) is 77.7 Å². The fourth-order valence-electron chi connectivity index (χ4n) is 3.97. The van der Waals surface area contributed by atoms with Gasteiger partial charge in [0.25, 0.3) is 10.0 Å². The monoisotopic (exact) mass is 585 g/mol. The second-order valence-corrected chi connectivity index (χ2v) is 12.2. The van der Waals surface area contributed by atoms with Crippen LogP contribution in [0.3, 0.4) is 0 Å². The lowest BCUT2D eigenvalue weighted by molar-refractivity contribution is -0.139. The second kappa shape index (κ2) is 13.7. The number of benzene rings is 3. The van der Waals surface area contributed by atoms with Crippen molar-refractivity contribution in [1.82, 2.24) is 10.2 Å². The highest BCUT2D eigenvalue weighted by Crippen LogP contribution is 2.31. The molecule has 8 nitrogen and oxygen atoms in total. The molecule has 0 radical (unpaired) electrons. The summed E-state index contributed by atoms with van der Waals surface area (Å²) in [6, 6.07) is 19.1. The second-order valence-electron chi connectivity index (χ2n) is 9.96. The molecule has 10 heteroatoms. The number of para-hydroxylation sites is 1. The third kappa shape index (κ3) is 7.76. The topological polar surface area (TPSA) is 96.0 Å². The molecule has 0 aliphatic heterocycles. The normalized spacial score (nSPS) is 12.1. The first-order valence-electron chi connectivity index (χ1n) is 13.0. The van der Waals surface area contributed by atoms with Crippen LogP contribution in [0.2, 0.25) is 5.02 Å². The molecule has 2 amide bonds. The zero-order valence-electron chi connectivity index (χ0n) is 23.4. The molecule has 3 aromatic rings. The Morgan fingerprint density at radius 3 is 2.15 bits per heavy atom. The summed E-state index contributed by atoms with van der Waals surface area (Å²) in [5.74, 6) is -0.0180. The molecular formula is C30H36ClN3O5S. The highest BCUT2D eigenvalue weighted by molar-refractivity contribution is 7.92. The van der Waals surface area contributed by atoms with E-state index < -0.39 is 28.5 Å². The highest BCUT2D eigenvalue weighted by atomic mass is 35.5. The van der Waals surface area contributed by atoms with E-state index in [1.165, 1.54) is 17.0 Å². The molecule has 214 valence electrons. The quantitative estimate of drug-likeness (QED) is 0.321. The van der Waals surface area contributed by atoms with Crippen molar-refractivity contribution in [3.05, 3.63) is 88.9 Å². The molecule has 1 N–H and O–H groups in total. The number of hydrogen-bond donors (Lipinski definition) is 1. The Kier molecular flexibility index (Phi) is 10.6. The van der Waals surface area contributed by atoms with E-state index in [-0.39, 0.29) is 34.0 Å². The molecule has 0 aliphatic rings. The highest BCUT2D eigenvalue weighted by Gasteiger charge is 2.33. The summed E-state index contributed by atoms with van der Waals surface area (Å²) < 4.78 is 34.0. The predicted octanol–water partition coefficient (Wildman–Crippen LogP) is 5.04. The van der Waals surface area contributed by atoms with Crippen LogP contribution in [0.25, 0.3) is 0 Å². The lowest BCUT2D eigenvalue weighted by Gasteiger charge is -2.32. The van der Waals surface area contributed by atoms with E-state index in [9.17, 15) is 18.0 Å². The molecular weight excluding hydrogens is 550 g/mol. The van der Waals surface area contributed by atoms with Crippen LogP contribution in [-0.4, -0.2) is 51.4 Å². The van der Waals surface area contributed by atoms with Crippen molar-refractivity contribution >= 4 is 39.1 Å². The molecule has 0 heterocycles. The Balaban J connectivity index is 2.01. The molecule has 1 unspecified atom stereocenters. The van der Waals surface area contributed by atoms with Gasteiger partial charge in [0.1, 0.15) is 18.3 Å². The molecule has 0 aromatic heterocycles. The number of methoxy groups -OCH3 is 1. The fraction of sp³-hybridized carbons (Fsp3) is 0.333. The van der Waals surface area contributed by atoms with E-state index >= 15 is 0 Å². The van der Waals surface area contributed by atoms with Crippen LogP contribution in [0, 0.1) is 12.8 Å². The van der Waals surface area contributed by atoms with Crippen molar-refractivity contribution in [2.45, 2.75) is 45.2 Å². The van der Waals surface area contributed by atoms with E-state index in [0.717, 1.165) is 15.4 Å². The predicted molar refractivity (Wildman–Crippen MR) is 158 cm³/mol. The van der Waals surface area contributed by atoms with Crippen molar-refractivity contribution < 1.29 is 22.7 Å². The van der Waals surface area contributed by atoms with Crippen molar-refractivity contribution in [3.8, 4) is 5.75 Å². The average Bonchev–Trinajstić information content (AvgIpc) is 2.93. The van der Waals surface area contributed by atoms with Gasteiger partial charge in [-0.2, -0.15) is 0 Å². The maximum Gasteiger partial charge on any atom is 0.264 e. The summed E-state index contributed by atoms with van der Waals surface area (Å²) in [4.78, 5) is 28.4. The number of carbonyl (C=O) groups is 2. The molecule has 0 aliphatic carbocycles. The lowest BCUT2D eigenvalue weighted by atomic mass is 10.1. The zero-order chi connectivity index (χ0) is 29.4. The summed E-state index contributed by atoms with van der Waals surface area (Å²) in [5.41, 5.74) is 1.81. The summed E-state index contributed by atoms with van der Waals surface area (Å²) in [7, 11) is -2.63. The largest absolute Gasteiger partial charge is 0.497 e. The van der Waals surface area contributed by atoms with Crippen LogP contribution >= 0.6 is 11.6 Å². The minimum Gasteiger partial charge on any atom is -0.497 e. The molecule has 40 heavy (non-hydrogen) atoms. The summed E-state index contributed by atoms with van der Waals surface area (Å²) in [6.07, 6.45) is 0. The first-order chi connectivity index (χ1) is 18.9. The number of amides is 2. The summed E-state index contributed by atoms with van der Waals surface area (Å²) in [6.45, 7) is 7.41. The SMILES string of the molecule is COc1ccc(CN(C(=O)CN(c2ccccc2Cl)S(=O)(=O)c2ccc(C)cc2)C(C)C(=O)NCC(C)C)cc1. The van der Waals surface area contributed by atoms with Gasteiger partial charge in [-0.1, -0.05) is 67.4 Å². The Bertz CT molecular complexity index is 1410. The third-order valence-corrected chi connectivity index (χ3v) is 8.47. The van der Waals surface area contributed by atoms with Crippen LogP contribution < -0.4 is 14.4 Å². The molecule has 0 spiro atoms. The van der Waals surface area contributed by atoms with Gasteiger partial charge in [0.2, 0.25) is 11.8 Å². The number of ether oxygens (including phenoxy) is 1. The first-order valence-corrected chi connectivity index (χ1v) is 14.8. The molecule has 1 atom stereocenters. The van der Waals surface area contributed by atoms with Gasteiger partial charge in [0, 0.05) is 13.1 Å². The Morgan fingerprint density at radius 1 is 0.950 bits per heavy atom. The van der Waals surface area contributed by atoms with E-state index in [0.29, 0.717) is 12.3 Å². The van der Waals surface area contributed by atoms with Gasteiger partial charge < -0.3 is 15.0 Å². The number of sulfonamides is 1. The molecule has 3 aromatic carbocycles. The number of rotatable bonds is 12. The Hall–Kier alpha value is -3.56. The Labute approximate surface area is 241 Å². The van der Waals surface area contributed by atoms with Gasteiger partial charge >= 0.3 is 0 Å². The fourth-order valence-corrected chi connectivity index (χ4v) is 5.69. The van der Waals surface area contributed by atoms with Gasteiger partial charge in [-0.3, -0.25) is 13.9 Å². The Morgan fingerprint density at radius 2 is 1.57 bits per heavy atom. The summed E-state index contributed by atoms with van der Waals surface area (Å²) in [5, 5.41) is 3.05.